The van der Waals surface area contributed by atoms with Crippen LogP contribution in [0.4, 0.5) is 0 Å². The first-order valence-corrected chi connectivity index (χ1v) is 6.05. The summed E-state index contributed by atoms with van der Waals surface area (Å²) in [5, 5.41) is 11.6. The third kappa shape index (κ3) is 3.02. The van der Waals surface area contributed by atoms with Gasteiger partial charge in [-0.15, -0.1) is 10.2 Å². The molecule has 2 heterocycles. The van der Waals surface area contributed by atoms with Gasteiger partial charge in [0.05, 0.1) is 6.54 Å². The minimum atomic E-state index is 0.637. The minimum absolute atomic E-state index is 0.637. The van der Waals surface area contributed by atoms with Gasteiger partial charge in [0.2, 0.25) is 0 Å². The zero-order valence-electron chi connectivity index (χ0n) is 10.2. The fraction of sp³-hybridized carbons (Fsp3) is 0.818. The Bertz CT molecular complexity index is 314. The number of nitrogens with one attached hydrogen (secondary N) is 1. The lowest BCUT2D eigenvalue weighted by Gasteiger charge is -2.26. The Morgan fingerprint density at radius 1 is 1.38 bits per heavy atom. The number of piperazine rings is 1. The number of hydrogen-bond acceptors (Lipinski definition) is 4. The number of rotatable bonds is 4. The summed E-state index contributed by atoms with van der Waals surface area (Å²) in [5.41, 5.74) is 0. The molecule has 2 rings (SSSR count). The van der Waals surface area contributed by atoms with Crippen molar-refractivity contribution in [2.75, 3.05) is 26.2 Å². The van der Waals surface area contributed by atoms with Gasteiger partial charge in [-0.3, -0.25) is 4.90 Å². The summed E-state index contributed by atoms with van der Waals surface area (Å²) in [6.07, 6.45) is 1.84. The lowest BCUT2D eigenvalue weighted by atomic mass is 10.2. The number of aromatic nitrogens is 3. The van der Waals surface area contributed by atoms with Crippen molar-refractivity contribution in [1.82, 2.24) is 25.0 Å². The maximum Gasteiger partial charge on any atom is 0.147 e. The molecule has 5 heteroatoms. The van der Waals surface area contributed by atoms with E-state index in [1.807, 2.05) is 6.33 Å². The quantitative estimate of drug-likeness (QED) is 0.799. The molecule has 0 atom stereocenters. The van der Waals surface area contributed by atoms with Crippen LogP contribution in [0.25, 0.3) is 0 Å². The second-order valence-corrected chi connectivity index (χ2v) is 4.82. The molecule has 0 radical (unpaired) electrons. The SMILES string of the molecule is CC(C)Cn1cnnc1CN1CCNCC1. The smallest absolute Gasteiger partial charge is 0.147 e. The summed E-state index contributed by atoms with van der Waals surface area (Å²) in [6, 6.07) is 0. The summed E-state index contributed by atoms with van der Waals surface area (Å²) in [4.78, 5) is 2.43. The van der Waals surface area contributed by atoms with Crippen LogP contribution >= 0.6 is 0 Å². The molecule has 16 heavy (non-hydrogen) atoms. The van der Waals surface area contributed by atoms with Gasteiger partial charge in [-0.2, -0.15) is 0 Å². The molecule has 0 unspecified atom stereocenters. The summed E-state index contributed by atoms with van der Waals surface area (Å²) in [5.74, 6) is 1.73. The highest BCUT2D eigenvalue weighted by molar-refractivity contribution is 4.87. The highest BCUT2D eigenvalue weighted by Crippen LogP contribution is 2.06. The molecule has 1 fully saturated rings. The molecule has 0 saturated carbocycles. The second-order valence-electron chi connectivity index (χ2n) is 4.82. The molecule has 1 aliphatic rings. The molecule has 5 nitrogen and oxygen atoms in total. The Kier molecular flexibility index (Phi) is 3.90. The number of hydrogen-bond donors (Lipinski definition) is 1. The van der Waals surface area contributed by atoms with Crippen molar-refractivity contribution in [2.45, 2.75) is 26.9 Å². The molecule has 1 aromatic rings. The van der Waals surface area contributed by atoms with Gasteiger partial charge in [-0.05, 0) is 5.92 Å². The van der Waals surface area contributed by atoms with Crippen LogP contribution in [0.5, 0.6) is 0 Å². The van der Waals surface area contributed by atoms with E-state index in [9.17, 15) is 0 Å². The molecule has 0 spiro atoms. The molecule has 0 aliphatic carbocycles. The van der Waals surface area contributed by atoms with Crippen LogP contribution in [0, 0.1) is 5.92 Å². The third-order valence-electron chi connectivity index (χ3n) is 2.83. The van der Waals surface area contributed by atoms with Crippen molar-refractivity contribution in [1.29, 1.82) is 0 Å². The summed E-state index contributed by atoms with van der Waals surface area (Å²) < 4.78 is 2.17. The monoisotopic (exact) mass is 223 g/mol. The van der Waals surface area contributed by atoms with Crippen LogP contribution in [0.2, 0.25) is 0 Å². The Morgan fingerprint density at radius 3 is 2.81 bits per heavy atom. The van der Waals surface area contributed by atoms with Gasteiger partial charge in [0, 0.05) is 32.7 Å². The van der Waals surface area contributed by atoms with E-state index in [-0.39, 0.29) is 0 Å². The molecule has 0 bridgehead atoms. The maximum absolute atomic E-state index is 4.21. The van der Waals surface area contributed by atoms with Crippen LogP contribution in [-0.2, 0) is 13.1 Å². The van der Waals surface area contributed by atoms with Crippen LogP contribution in [-0.4, -0.2) is 45.8 Å². The molecule has 90 valence electrons. The van der Waals surface area contributed by atoms with Gasteiger partial charge in [-0.1, -0.05) is 13.8 Å². The van der Waals surface area contributed by atoms with Crippen molar-refractivity contribution < 1.29 is 0 Å². The minimum Gasteiger partial charge on any atom is -0.316 e. The fourth-order valence-corrected chi connectivity index (χ4v) is 2.02. The van der Waals surface area contributed by atoms with Gasteiger partial charge in [0.15, 0.2) is 0 Å². The van der Waals surface area contributed by atoms with Gasteiger partial charge < -0.3 is 9.88 Å². The molecule has 1 aliphatic heterocycles. The topological polar surface area (TPSA) is 46.0 Å². The van der Waals surface area contributed by atoms with E-state index in [2.05, 4.69) is 38.8 Å². The predicted molar refractivity (Wildman–Crippen MR) is 63.0 cm³/mol. The van der Waals surface area contributed by atoms with Crippen molar-refractivity contribution in [3.05, 3.63) is 12.2 Å². The van der Waals surface area contributed by atoms with Crippen LogP contribution in [0.3, 0.4) is 0 Å². The fourth-order valence-electron chi connectivity index (χ4n) is 2.02. The average Bonchev–Trinajstić information content (AvgIpc) is 2.66. The molecular formula is C11H21N5. The van der Waals surface area contributed by atoms with Crippen molar-refractivity contribution >= 4 is 0 Å². The van der Waals surface area contributed by atoms with E-state index < -0.39 is 0 Å². The first-order chi connectivity index (χ1) is 7.75. The van der Waals surface area contributed by atoms with Gasteiger partial charge in [-0.25, -0.2) is 0 Å². The lowest BCUT2D eigenvalue weighted by molar-refractivity contribution is 0.224. The van der Waals surface area contributed by atoms with E-state index >= 15 is 0 Å². The van der Waals surface area contributed by atoms with Gasteiger partial charge >= 0.3 is 0 Å². The predicted octanol–water partition coefficient (Wildman–Crippen LogP) is 0.339. The highest BCUT2D eigenvalue weighted by atomic mass is 15.3. The summed E-state index contributed by atoms with van der Waals surface area (Å²) >= 11 is 0. The van der Waals surface area contributed by atoms with E-state index in [0.717, 1.165) is 45.1 Å². The molecule has 1 saturated heterocycles. The molecule has 1 aromatic heterocycles. The van der Waals surface area contributed by atoms with Crippen molar-refractivity contribution in [3.8, 4) is 0 Å². The Balaban J connectivity index is 1.94. The average molecular weight is 223 g/mol. The zero-order valence-corrected chi connectivity index (χ0v) is 10.2. The summed E-state index contributed by atoms with van der Waals surface area (Å²) in [7, 11) is 0. The van der Waals surface area contributed by atoms with E-state index in [1.54, 1.807) is 0 Å². The highest BCUT2D eigenvalue weighted by Gasteiger charge is 2.13. The molecular weight excluding hydrogens is 202 g/mol. The first-order valence-electron chi connectivity index (χ1n) is 6.05. The van der Waals surface area contributed by atoms with Crippen LogP contribution in [0.15, 0.2) is 6.33 Å². The normalized spacial score (nSPS) is 18.2. The maximum atomic E-state index is 4.21. The van der Waals surface area contributed by atoms with Gasteiger partial charge in [0.25, 0.3) is 0 Å². The van der Waals surface area contributed by atoms with Crippen LogP contribution < -0.4 is 5.32 Å². The van der Waals surface area contributed by atoms with Crippen LogP contribution in [0.1, 0.15) is 19.7 Å². The van der Waals surface area contributed by atoms with E-state index in [0.29, 0.717) is 5.92 Å². The van der Waals surface area contributed by atoms with Crippen molar-refractivity contribution in [2.24, 2.45) is 5.92 Å². The largest absolute Gasteiger partial charge is 0.316 e. The van der Waals surface area contributed by atoms with Gasteiger partial charge in [0.1, 0.15) is 12.2 Å². The number of nitrogens with zero attached hydrogens (tertiary/aromatic N) is 4. The van der Waals surface area contributed by atoms with Crippen molar-refractivity contribution in [3.63, 3.8) is 0 Å². The Labute approximate surface area is 96.8 Å². The first kappa shape index (κ1) is 11.5. The lowest BCUT2D eigenvalue weighted by Crippen LogP contribution is -2.43. The van der Waals surface area contributed by atoms with E-state index in [4.69, 9.17) is 0 Å². The molecule has 0 amide bonds. The Morgan fingerprint density at radius 2 is 2.12 bits per heavy atom. The standard InChI is InChI=1S/C11H21N5/c1-10(2)7-16-9-13-14-11(16)8-15-5-3-12-4-6-15/h9-10,12H,3-8H2,1-2H3. The summed E-state index contributed by atoms with van der Waals surface area (Å²) in [6.45, 7) is 10.7. The Hall–Kier alpha value is -0.940. The second kappa shape index (κ2) is 5.41. The third-order valence-corrected chi connectivity index (χ3v) is 2.83. The zero-order chi connectivity index (χ0) is 11.4. The molecule has 1 N–H and O–H groups in total. The van der Waals surface area contributed by atoms with E-state index in [1.165, 1.54) is 0 Å². The molecule has 0 aromatic carbocycles.